The lowest BCUT2D eigenvalue weighted by Crippen LogP contribution is -2.51. The van der Waals surface area contributed by atoms with Crippen LogP contribution in [0.25, 0.3) is 0 Å². The molecule has 5 heteroatoms. The van der Waals surface area contributed by atoms with Crippen LogP contribution in [0.2, 0.25) is 0 Å². The lowest BCUT2D eigenvalue weighted by molar-refractivity contribution is -0.198. The summed E-state index contributed by atoms with van der Waals surface area (Å²) in [4.78, 5) is 0. The number of aliphatic hydroxyl groups excluding tert-OH is 2. The summed E-state index contributed by atoms with van der Waals surface area (Å²) in [6, 6.07) is -0.362. The molecule has 4 N–H and O–H groups in total. The first-order valence-electron chi connectivity index (χ1n) is 3.38. The number of nitrogens with two attached hydrogens (primary N) is 1. The maximum Gasteiger partial charge on any atom is 0.156 e. The standard InChI is InChI=1S/C6H13NO3.ClH/c1-3-6(9)4(7)2-5(8)10-3;/h3-6,8-9H,2,7H2,1H3;1H/t3-,4-,5-,6+;/m0./s1. The first-order valence-corrected chi connectivity index (χ1v) is 3.38. The molecule has 1 aliphatic heterocycles. The normalized spacial score (nSPS) is 44.7. The van der Waals surface area contributed by atoms with Crippen molar-refractivity contribution >= 4 is 12.4 Å². The minimum atomic E-state index is -0.812. The smallest absolute Gasteiger partial charge is 0.156 e. The zero-order valence-corrected chi connectivity index (χ0v) is 7.12. The van der Waals surface area contributed by atoms with E-state index in [9.17, 15) is 5.11 Å². The molecule has 0 amide bonds. The van der Waals surface area contributed by atoms with Crippen molar-refractivity contribution in [2.24, 2.45) is 5.73 Å². The SMILES string of the molecule is C[C@@H]1O[C@H](O)C[C@H](N)[C@@H]1O.Cl. The number of halogens is 1. The number of ether oxygens (including phenoxy) is 1. The van der Waals surface area contributed by atoms with E-state index in [0.717, 1.165) is 0 Å². The number of aliphatic hydroxyl groups is 2. The minimum absolute atomic E-state index is 0. The maximum absolute atomic E-state index is 9.20. The third-order valence-electron chi connectivity index (χ3n) is 1.77. The van der Waals surface area contributed by atoms with E-state index < -0.39 is 12.4 Å². The van der Waals surface area contributed by atoms with Crippen LogP contribution >= 0.6 is 12.4 Å². The van der Waals surface area contributed by atoms with Crippen LogP contribution < -0.4 is 5.73 Å². The predicted octanol–water partition coefficient (Wildman–Crippen LogP) is -0.776. The monoisotopic (exact) mass is 183 g/mol. The molecule has 0 spiro atoms. The van der Waals surface area contributed by atoms with Gasteiger partial charge in [-0.15, -0.1) is 12.4 Å². The minimum Gasteiger partial charge on any atom is -0.389 e. The highest BCUT2D eigenvalue weighted by Crippen LogP contribution is 2.16. The van der Waals surface area contributed by atoms with Gasteiger partial charge in [-0.2, -0.15) is 0 Å². The number of rotatable bonds is 0. The fraction of sp³-hybridized carbons (Fsp3) is 1.00. The van der Waals surface area contributed by atoms with Gasteiger partial charge in [0.15, 0.2) is 6.29 Å². The Hall–Kier alpha value is 0.130. The summed E-state index contributed by atoms with van der Waals surface area (Å²) in [6.07, 6.45) is -1.51. The molecule has 0 unspecified atom stereocenters. The van der Waals surface area contributed by atoms with Gasteiger partial charge in [-0.05, 0) is 6.92 Å². The highest BCUT2D eigenvalue weighted by atomic mass is 35.5. The Morgan fingerprint density at radius 3 is 2.45 bits per heavy atom. The van der Waals surface area contributed by atoms with E-state index in [0.29, 0.717) is 6.42 Å². The van der Waals surface area contributed by atoms with E-state index in [4.69, 9.17) is 15.6 Å². The van der Waals surface area contributed by atoms with Crippen LogP contribution in [-0.2, 0) is 4.74 Å². The van der Waals surface area contributed by atoms with E-state index >= 15 is 0 Å². The third-order valence-corrected chi connectivity index (χ3v) is 1.77. The average Bonchev–Trinajstić information content (AvgIpc) is 1.82. The molecule has 1 aliphatic rings. The molecule has 0 aromatic carbocycles. The summed E-state index contributed by atoms with van der Waals surface area (Å²) >= 11 is 0. The average molecular weight is 184 g/mol. The van der Waals surface area contributed by atoms with Crippen molar-refractivity contribution in [2.45, 2.75) is 37.9 Å². The van der Waals surface area contributed by atoms with Gasteiger partial charge in [0.05, 0.1) is 12.2 Å². The van der Waals surface area contributed by atoms with Crippen LogP contribution in [0.5, 0.6) is 0 Å². The van der Waals surface area contributed by atoms with E-state index in [1.54, 1.807) is 6.92 Å². The molecule has 0 aromatic heterocycles. The molecular formula is C6H14ClNO3. The molecule has 0 aromatic rings. The van der Waals surface area contributed by atoms with Crippen molar-refractivity contribution < 1.29 is 14.9 Å². The summed E-state index contributed by atoms with van der Waals surface area (Å²) < 4.78 is 4.89. The van der Waals surface area contributed by atoms with Crippen LogP contribution in [0.1, 0.15) is 13.3 Å². The van der Waals surface area contributed by atoms with Crippen LogP contribution in [0.15, 0.2) is 0 Å². The van der Waals surface area contributed by atoms with Gasteiger partial charge in [-0.1, -0.05) is 0 Å². The quantitative estimate of drug-likeness (QED) is 0.461. The summed E-state index contributed by atoms with van der Waals surface area (Å²) in [6.45, 7) is 1.69. The van der Waals surface area contributed by atoms with Gasteiger partial charge in [-0.25, -0.2) is 0 Å². The molecule has 68 valence electrons. The first-order chi connectivity index (χ1) is 4.61. The third kappa shape index (κ3) is 2.57. The van der Waals surface area contributed by atoms with E-state index in [-0.39, 0.29) is 24.6 Å². The van der Waals surface area contributed by atoms with Gasteiger partial charge in [0.2, 0.25) is 0 Å². The second kappa shape index (κ2) is 4.23. The van der Waals surface area contributed by atoms with E-state index in [1.807, 2.05) is 0 Å². The molecule has 1 heterocycles. The van der Waals surface area contributed by atoms with Crippen molar-refractivity contribution in [3.63, 3.8) is 0 Å². The fourth-order valence-corrected chi connectivity index (χ4v) is 1.10. The van der Waals surface area contributed by atoms with Crippen molar-refractivity contribution in [1.29, 1.82) is 0 Å². The summed E-state index contributed by atoms with van der Waals surface area (Å²) in [5.41, 5.74) is 5.47. The molecule has 0 saturated carbocycles. The van der Waals surface area contributed by atoms with Crippen LogP contribution in [-0.4, -0.2) is 34.8 Å². The van der Waals surface area contributed by atoms with Gasteiger partial charge in [-0.3, -0.25) is 0 Å². The fourth-order valence-electron chi connectivity index (χ4n) is 1.10. The molecule has 0 radical (unpaired) electrons. The molecule has 0 bridgehead atoms. The Kier molecular flexibility index (Phi) is 4.28. The molecule has 1 fully saturated rings. The first kappa shape index (κ1) is 11.1. The largest absolute Gasteiger partial charge is 0.389 e. The lowest BCUT2D eigenvalue weighted by atomic mass is 10.0. The summed E-state index contributed by atoms with van der Waals surface area (Å²) in [5, 5.41) is 18.2. The zero-order chi connectivity index (χ0) is 7.72. The molecule has 4 atom stereocenters. The molecular weight excluding hydrogens is 170 g/mol. The zero-order valence-electron chi connectivity index (χ0n) is 6.30. The van der Waals surface area contributed by atoms with Crippen molar-refractivity contribution in [2.75, 3.05) is 0 Å². The highest BCUT2D eigenvalue weighted by Gasteiger charge is 2.31. The molecule has 1 saturated heterocycles. The van der Waals surface area contributed by atoms with Gasteiger partial charge in [0, 0.05) is 12.5 Å². The second-order valence-electron chi connectivity index (χ2n) is 2.69. The van der Waals surface area contributed by atoms with Crippen LogP contribution in [0.4, 0.5) is 0 Å². The Balaban J connectivity index is 0.000001000. The molecule has 11 heavy (non-hydrogen) atoms. The Morgan fingerprint density at radius 2 is 2.00 bits per heavy atom. The topological polar surface area (TPSA) is 75.7 Å². The summed E-state index contributed by atoms with van der Waals surface area (Å²) in [5.74, 6) is 0. The molecule has 1 rings (SSSR count). The second-order valence-corrected chi connectivity index (χ2v) is 2.69. The van der Waals surface area contributed by atoms with Gasteiger partial charge >= 0.3 is 0 Å². The van der Waals surface area contributed by atoms with Gasteiger partial charge in [0.25, 0.3) is 0 Å². The lowest BCUT2D eigenvalue weighted by Gasteiger charge is -2.33. The van der Waals surface area contributed by atoms with Crippen molar-refractivity contribution in [3.8, 4) is 0 Å². The maximum atomic E-state index is 9.20. The Labute approximate surface area is 71.8 Å². The Bertz CT molecular complexity index is 112. The Morgan fingerprint density at radius 1 is 1.45 bits per heavy atom. The van der Waals surface area contributed by atoms with Gasteiger partial charge < -0.3 is 20.7 Å². The van der Waals surface area contributed by atoms with Crippen LogP contribution in [0, 0.1) is 0 Å². The summed E-state index contributed by atoms with van der Waals surface area (Å²) in [7, 11) is 0. The number of hydrogen-bond donors (Lipinski definition) is 3. The number of hydrogen-bond acceptors (Lipinski definition) is 4. The van der Waals surface area contributed by atoms with Crippen LogP contribution in [0.3, 0.4) is 0 Å². The van der Waals surface area contributed by atoms with Crippen molar-refractivity contribution in [1.82, 2.24) is 0 Å². The molecule has 4 nitrogen and oxygen atoms in total. The van der Waals surface area contributed by atoms with Gasteiger partial charge in [0.1, 0.15) is 0 Å². The van der Waals surface area contributed by atoms with Crippen molar-refractivity contribution in [3.05, 3.63) is 0 Å². The highest BCUT2D eigenvalue weighted by molar-refractivity contribution is 5.85. The van der Waals surface area contributed by atoms with E-state index in [1.165, 1.54) is 0 Å². The van der Waals surface area contributed by atoms with E-state index in [2.05, 4.69) is 0 Å². The predicted molar refractivity (Wildman–Crippen MR) is 42.4 cm³/mol. The molecule has 0 aliphatic carbocycles.